The molecule has 1 rings (SSSR count). The van der Waals surface area contributed by atoms with Gasteiger partial charge in [0.15, 0.2) is 0 Å². The van der Waals surface area contributed by atoms with E-state index in [2.05, 4.69) is 13.8 Å². The molecule has 1 fully saturated rings. The minimum Gasteiger partial charge on any atom is -0.327 e. The molecule has 1 nitrogen and oxygen atoms in total. The minimum atomic E-state index is 0.477. The molecule has 0 heterocycles. The molecule has 3 unspecified atom stereocenters. The fourth-order valence-corrected chi connectivity index (χ4v) is 1.91. The van der Waals surface area contributed by atoms with Gasteiger partial charge in [-0.05, 0) is 24.7 Å². The summed E-state index contributed by atoms with van der Waals surface area (Å²) in [7, 11) is 0. The first-order valence-electron chi connectivity index (χ1n) is 4.45. The minimum absolute atomic E-state index is 0.477. The second-order valence-corrected chi connectivity index (χ2v) is 3.91. The van der Waals surface area contributed by atoms with Crippen molar-refractivity contribution in [3.05, 3.63) is 0 Å². The van der Waals surface area contributed by atoms with Crippen LogP contribution in [0.3, 0.4) is 0 Å². The highest BCUT2D eigenvalue weighted by molar-refractivity contribution is 4.75. The standard InChI is InChI=1S/C9H19N/c1-7-4-3-5-9(10)8(2)6-7/h7-9H,3-6,10H2,1-2H3. The van der Waals surface area contributed by atoms with E-state index in [9.17, 15) is 0 Å². The second kappa shape index (κ2) is 3.38. The Morgan fingerprint density at radius 3 is 2.60 bits per heavy atom. The van der Waals surface area contributed by atoms with Crippen LogP contribution in [0.4, 0.5) is 0 Å². The molecular weight excluding hydrogens is 122 g/mol. The van der Waals surface area contributed by atoms with Crippen LogP contribution in [0.5, 0.6) is 0 Å². The van der Waals surface area contributed by atoms with Gasteiger partial charge in [0.25, 0.3) is 0 Å². The molecule has 1 heteroatoms. The fourth-order valence-electron chi connectivity index (χ4n) is 1.91. The summed E-state index contributed by atoms with van der Waals surface area (Å²) in [5, 5.41) is 0. The maximum absolute atomic E-state index is 5.94. The zero-order valence-electron chi connectivity index (χ0n) is 7.14. The molecule has 0 amide bonds. The lowest BCUT2D eigenvalue weighted by atomic mass is 9.94. The summed E-state index contributed by atoms with van der Waals surface area (Å²) in [6.07, 6.45) is 5.30. The summed E-state index contributed by atoms with van der Waals surface area (Å²) in [6, 6.07) is 0.477. The molecule has 1 aliphatic carbocycles. The Morgan fingerprint density at radius 1 is 1.20 bits per heavy atom. The molecule has 1 saturated carbocycles. The molecule has 0 aliphatic heterocycles. The number of hydrogen-bond acceptors (Lipinski definition) is 1. The lowest BCUT2D eigenvalue weighted by molar-refractivity contribution is 0.388. The van der Waals surface area contributed by atoms with Crippen molar-refractivity contribution in [2.75, 3.05) is 0 Å². The van der Waals surface area contributed by atoms with Gasteiger partial charge >= 0.3 is 0 Å². The average molecular weight is 141 g/mol. The smallest absolute Gasteiger partial charge is 0.00646 e. The Hall–Kier alpha value is -0.0400. The van der Waals surface area contributed by atoms with E-state index in [1.54, 1.807) is 0 Å². The van der Waals surface area contributed by atoms with Crippen LogP contribution >= 0.6 is 0 Å². The predicted molar refractivity (Wildman–Crippen MR) is 44.8 cm³/mol. The largest absolute Gasteiger partial charge is 0.327 e. The molecule has 0 radical (unpaired) electrons. The van der Waals surface area contributed by atoms with Gasteiger partial charge < -0.3 is 5.73 Å². The summed E-state index contributed by atoms with van der Waals surface area (Å²) in [5.74, 6) is 1.65. The van der Waals surface area contributed by atoms with E-state index in [1.165, 1.54) is 25.7 Å². The molecule has 0 bridgehead atoms. The summed E-state index contributed by atoms with van der Waals surface area (Å²) in [4.78, 5) is 0. The normalized spacial score (nSPS) is 42.9. The average Bonchev–Trinajstić information content (AvgIpc) is 1.96. The van der Waals surface area contributed by atoms with Gasteiger partial charge in [-0.25, -0.2) is 0 Å². The first kappa shape index (κ1) is 8.06. The number of hydrogen-bond donors (Lipinski definition) is 1. The van der Waals surface area contributed by atoms with Gasteiger partial charge in [-0.15, -0.1) is 0 Å². The molecule has 10 heavy (non-hydrogen) atoms. The highest BCUT2D eigenvalue weighted by Gasteiger charge is 2.19. The van der Waals surface area contributed by atoms with Crippen molar-refractivity contribution in [2.24, 2.45) is 17.6 Å². The van der Waals surface area contributed by atoms with Crippen molar-refractivity contribution in [2.45, 2.75) is 45.6 Å². The van der Waals surface area contributed by atoms with Crippen LogP contribution in [0.2, 0.25) is 0 Å². The van der Waals surface area contributed by atoms with Crippen LogP contribution in [0.25, 0.3) is 0 Å². The molecule has 0 saturated heterocycles. The summed E-state index contributed by atoms with van der Waals surface area (Å²) < 4.78 is 0. The van der Waals surface area contributed by atoms with E-state index in [0.29, 0.717) is 6.04 Å². The van der Waals surface area contributed by atoms with Crippen molar-refractivity contribution in [1.82, 2.24) is 0 Å². The third kappa shape index (κ3) is 1.98. The Kier molecular flexibility index (Phi) is 2.72. The monoisotopic (exact) mass is 141 g/mol. The van der Waals surface area contributed by atoms with Crippen molar-refractivity contribution in [3.8, 4) is 0 Å². The molecule has 3 atom stereocenters. The maximum Gasteiger partial charge on any atom is 0.00646 e. The molecule has 0 aromatic carbocycles. The molecular formula is C9H19N. The van der Waals surface area contributed by atoms with Crippen LogP contribution < -0.4 is 5.73 Å². The maximum atomic E-state index is 5.94. The van der Waals surface area contributed by atoms with Crippen LogP contribution in [-0.4, -0.2) is 6.04 Å². The second-order valence-electron chi connectivity index (χ2n) is 3.91. The Bertz CT molecular complexity index is 101. The third-order valence-electron chi connectivity index (χ3n) is 2.74. The van der Waals surface area contributed by atoms with Gasteiger partial charge in [-0.1, -0.05) is 26.7 Å². The molecule has 2 N–H and O–H groups in total. The third-order valence-corrected chi connectivity index (χ3v) is 2.74. The van der Waals surface area contributed by atoms with Crippen LogP contribution in [0.15, 0.2) is 0 Å². The number of rotatable bonds is 0. The lowest BCUT2D eigenvalue weighted by Crippen LogP contribution is -2.27. The Morgan fingerprint density at radius 2 is 1.90 bits per heavy atom. The van der Waals surface area contributed by atoms with Crippen molar-refractivity contribution < 1.29 is 0 Å². The molecule has 0 aromatic rings. The van der Waals surface area contributed by atoms with Crippen LogP contribution in [-0.2, 0) is 0 Å². The summed E-state index contributed by atoms with van der Waals surface area (Å²) in [5.41, 5.74) is 5.94. The van der Waals surface area contributed by atoms with Crippen molar-refractivity contribution in [1.29, 1.82) is 0 Å². The number of nitrogens with two attached hydrogens (primary N) is 1. The topological polar surface area (TPSA) is 26.0 Å². The van der Waals surface area contributed by atoms with Gasteiger partial charge in [0.05, 0.1) is 0 Å². The fraction of sp³-hybridized carbons (Fsp3) is 1.00. The first-order valence-corrected chi connectivity index (χ1v) is 4.45. The van der Waals surface area contributed by atoms with E-state index >= 15 is 0 Å². The molecule has 60 valence electrons. The van der Waals surface area contributed by atoms with Crippen LogP contribution in [0, 0.1) is 11.8 Å². The van der Waals surface area contributed by atoms with Gasteiger partial charge in [0, 0.05) is 6.04 Å². The zero-order chi connectivity index (χ0) is 7.56. The highest BCUT2D eigenvalue weighted by Crippen LogP contribution is 2.25. The van der Waals surface area contributed by atoms with Crippen molar-refractivity contribution >= 4 is 0 Å². The van der Waals surface area contributed by atoms with E-state index < -0.39 is 0 Å². The highest BCUT2D eigenvalue weighted by atomic mass is 14.6. The van der Waals surface area contributed by atoms with Crippen LogP contribution in [0.1, 0.15) is 39.5 Å². The Labute approximate surface area is 64.0 Å². The van der Waals surface area contributed by atoms with Gasteiger partial charge in [-0.3, -0.25) is 0 Å². The summed E-state index contributed by atoms with van der Waals surface area (Å²) in [6.45, 7) is 4.63. The first-order chi connectivity index (χ1) is 4.70. The molecule has 1 aliphatic rings. The van der Waals surface area contributed by atoms with Gasteiger partial charge in [0.1, 0.15) is 0 Å². The quantitative estimate of drug-likeness (QED) is 0.514. The van der Waals surface area contributed by atoms with Gasteiger partial charge in [0.2, 0.25) is 0 Å². The zero-order valence-corrected chi connectivity index (χ0v) is 7.14. The van der Waals surface area contributed by atoms with Gasteiger partial charge in [-0.2, -0.15) is 0 Å². The predicted octanol–water partition coefficient (Wildman–Crippen LogP) is 2.16. The Balaban J connectivity index is 2.41. The van der Waals surface area contributed by atoms with E-state index in [0.717, 1.165) is 11.8 Å². The molecule has 0 aromatic heterocycles. The summed E-state index contributed by atoms with van der Waals surface area (Å²) >= 11 is 0. The van der Waals surface area contributed by atoms with Crippen molar-refractivity contribution in [3.63, 3.8) is 0 Å². The lowest BCUT2D eigenvalue weighted by Gasteiger charge is -2.17. The van der Waals surface area contributed by atoms with E-state index in [4.69, 9.17) is 5.73 Å². The van der Waals surface area contributed by atoms with E-state index in [1.807, 2.05) is 0 Å². The van der Waals surface area contributed by atoms with E-state index in [-0.39, 0.29) is 0 Å². The SMILES string of the molecule is CC1CCCC(N)C(C)C1. The molecule has 0 spiro atoms.